The van der Waals surface area contributed by atoms with Gasteiger partial charge in [-0.05, 0) is 42.4 Å². The van der Waals surface area contributed by atoms with Gasteiger partial charge in [0, 0.05) is 40.1 Å². The predicted octanol–water partition coefficient (Wildman–Crippen LogP) is 1.57. The zero-order valence-electron chi connectivity index (χ0n) is 16.9. The van der Waals surface area contributed by atoms with Crippen molar-refractivity contribution in [3.63, 3.8) is 0 Å². The second-order valence-electron chi connectivity index (χ2n) is 8.25. The second-order valence-corrected chi connectivity index (χ2v) is 8.25. The largest absolute Gasteiger partial charge is 0.379 e. The van der Waals surface area contributed by atoms with Gasteiger partial charge in [0.2, 0.25) is 0 Å². The van der Waals surface area contributed by atoms with Crippen molar-refractivity contribution < 1.29 is 9.47 Å². The Kier molecular flexibility index (Phi) is 5.03. The maximum Gasteiger partial charge on any atom is 0.155 e. The van der Waals surface area contributed by atoms with Crippen LogP contribution in [0.25, 0.3) is 5.65 Å². The fraction of sp³-hybridized carbons (Fsp3) is 0.600. The maximum atomic E-state index is 5.87. The molecule has 3 aromatic heterocycles. The molecule has 9 nitrogen and oxygen atoms in total. The topological polar surface area (TPSA) is 82.6 Å². The molecule has 9 heteroatoms. The summed E-state index contributed by atoms with van der Waals surface area (Å²) >= 11 is 0. The van der Waals surface area contributed by atoms with Gasteiger partial charge < -0.3 is 9.47 Å². The Morgan fingerprint density at radius 2 is 2.03 bits per heavy atom. The summed E-state index contributed by atoms with van der Waals surface area (Å²) in [6.07, 6.45) is 7.88. The van der Waals surface area contributed by atoms with Crippen molar-refractivity contribution in [3.8, 4) is 0 Å². The van der Waals surface area contributed by atoms with Crippen LogP contribution in [0.3, 0.4) is 0 Å². The van der Waals surface area contributed by atoms with Crippen molar-refractivity contribution in [2.24, 2.45) is 11.8 Å². The van der Waals surface area contributed by atoms with E-state index in [1.807, 2.05) is 24.2 Å². The monoisotopic (exact) mass is 397 g/mol. The van der Waals surface area contributed by atoms with Crippen LogP contribution in [0, 0.1) is 11.8 Å². The van der Waals surface area contributed by atoms with Gasteiger partial charge in [-0.15, -0.1) is 5.10 Å². The lowest BCUT2D eigenvalue weighted by Gasteiger charge is -2.37. The van der Waals surface area contributed by atoms with E-state index in [2.05, 4.69) is 37.4 Å². The van der Waals surface area contributed by atoms with E-state index in [1.165, 1.54) is 5.56 Å². The Bertz CT molecular complexity index is 971. The molecular formula is C20H27N7O2. The fourth-order valence-electron chi connectivity index (χ4n) is 5.05. The number of hydrogen-bond acceptors (Lipinski definition) is 7. The highest BCUT2D eigenvalue weighted by atomic mass is 16.5. The first kappa shape index (κ1) is 18.7. The SMILES string of the molecule is COCc1cn([C@@H]2C[C@@H]3CN(Cc4ccn5ncnc5c4)C[C@@H]3C[C@H]2OC)nn1. The predicted molar refractivity (Wildman–Crippen MR) is 105 cm³/mol. The van der Waals surface area contributed by atoms with Crippen molar-refractivity contribution in [1.29, 1.82) is 0 Å². The van der Waals surface area contributed by atoms with Gasteiger partial charge in [-0.3, -0.25) is 4.90 Å². The fourth-order valence-corrected chi connectivity index (χ4v) is 5.05. The third-order valence-corrected chi connectivity index (χ3v) is 6.40. The zero-order valence-corrected chi connectivity index (χ0v) is 16.9. The first-order chi connectivity index (χ1) is 14.2. The Balaban J connectivity index is 1.28. The lowest BCUT2D eigenvalue weighted by atomic mass is 9.77. The molecule has 4 heterocycles. The van der Waals surface area contributed by atoms with Crippen LogP contribution in [-0.2, 0) is 22.6 Å². The first-order valence-electron chi connectivity index (χ1n) is 10.2. The molecule has 2 aliphatic rings. The van der Waals surface area contributed by atoms with Crippen molar-refractivity contribution in [2.75, 3.05) is 27.3 Å². The van der Waals surface area contributed by atoms with Crippen LogP contribution in [-0.4, -0.2) is 67.9 Å². The van der Waals surface area contributed by atoms with Crippen molar-refractivity contribution in [3.05, 3.63) is 42.1 Å². The highest BCUT2D eigenvalue weighted by Gasteiger charge is 2.43. The molecule has 1 aliphatic heterocycles. The number of fused-ring (bicyclic) bond motifs is 2. The standard InChI is InChI=1S/C20H27N7O2/c1-28-12-17-11-27(24-23-17)18-6-15-9-25(10-16(15)7-19(18)29-2)8-14-3-4-26-20(5-14)21-13-22-26/h3-5,11,13,15-16,18-19H,6-10,12H2,1-2H3/t15-,16+,18-,19-/m1/s1. The van der Waals surface area contributed by atoms with Gasteiger partial charge in [-0.1, -0.05) is 5.21 Å². The Hall–Kier alpha value is -2.36. The molecule has 2 fully saturated rings. The molecule has 0 aromatic carbocycles. The number of nitrogens with zero attached hydrogens (tertiary/aromatic N) is 7. The van der Waals surface area contributed by atoms with Crippen molar-refractivity contribution in [2.45, 2.75) is 38.1 Å². The van der Waals surface area contributed by atoms with Gasteiger partial charge in [-0.2, -0.15) is 5.10 Å². The minimum atomic E-state index is 0.167. The molecule has 0 N–H and O–H groups in total. The van der Waals surface area contributed by atoms with Crippen LogP contribution in [0.5, 0.6) is 0 Å². The van der Waals surface area contributed by atoms with Crippen LogP contribution in [0.2, 0.25) is 0 Å². The molecule has 1 saturated heterocycles. The van der Waals surface area contributed by atoms with Gasteiger partial charge >= 0.3 is 0 Å². The zero-order chi connectivity index (χ0) is 19.8. The number of hydrogen-bond donors (Lipinski definition) is 0. The summed E-state index contributed by atoms with van der Waals surface area (Å²) in [7, 11) is 3.49. The molecule has 0 amide bonds. The van der Waals surface area contributed by atoms with Gasteiger partial charge in [0.1, 0.15) is 12.0 Å². The van der Waals surface area contributed by atoms with E-state index in [0.29, 0.717) is 18.4 Å². The number of rotatable bonds is 6. The van der Waals surface area contributed by atoms with Gasteiger partial charge in [0.25, 0.3) is 0 Å². The molecule has 0 bridgehead atoms. The Labute approximate surface area is 169 Å². The quantitative estimate of drug-likeness (QED) is 0.624. The van der Waals surface area contributed by atoms with E-state index < -0.39 is 0 Å². The van der Waals surface area contributed by atoms with E-state index in [4.69, 9.17) is 9.47 Å². The molecule has 0 unspecified atom stereocenters. The summed E-state index contributed by atoms with van der Waals surface area (Å²) in [4.78, 5) is 6.86. The molecule has 0 radical (unpaired) electrons. The number of pyridine rings is 1. The second kappa shape index (κ2) is 7.81. The molecule has 1 aliphatic carbocycles. The Morgan fingerprint density at radius 3 is 2.86 bits per heavy atom. The summed E-state index contributed by atoms with van der Waals surface area (Å²) < 4.78 is 14.8. The van der Waals surface area contributed by atoms with Gasteiger partial charge in [0.15, 0.2) is 5.65 Å². The van der Waals surface area contributed by atoms with Crippen LogP contribution < -0.4 is 0 Å². The van der Waals surface area contributed by atoms with E-state index in [9.17, 15) is 0 Å². The number of ether oxygens (including phenoxy) is 2. The van der Waals surface area contributed by atoms with Crippen molar-refractivity contribution in [1.82, 2.24) is 34.5 Å². The summed E-state index contributed by atoms with van der Waals surface area (Å²) in [6.45, 7) is 3.65. The van der Waals surface area contributed by atoms with E-state index in [-0.39, 0.29) is 12.1 Å². The van der Waals surface area contributed by atoms with Crippen molar-refractivity contribution >= 4 is 5.65 Å². The molecule has 4 atom stereocenters. The molecule has 1 saturated carbocycles. The lowest BCUT2D eigenvalue weighted by molar-refractivity contribution is -0.00548. The van der Waals surface area contributed by atoms with Gasteiger partial charge in [-0.25, -0.2) is 14.2 Å². The first-order valence-corrected chi connectivity index (χ1v) is 10.2. The smallest absolute Gasteiger partial charge is 0.155 e. The summed E-state index contributed by atoms with van der Waals surface area (Å²) in [5, 5.41) is 12.8. The Morgan fingerprint density at radius 1 is 1.17 bits per heavy atom. The molecular weight excluding hydrogens is 370 g/mol. The van der Waals surface area contributed by atoms with E-state index in [0.717, 1.165) is 43.8 Å². The highest BCUT2D eigenvalue weighted by molar-refractivity contribution is 5.39. The van der Waals surface area contributed by atoms with E-state index in [1.54, 1.807) is 18.0 Å². The number of aromatic nitrogens is 6. The molecule has 29 heavy (non-hydrogen) atoms. The van der Waals surface area contributed by atoms with Crippen LogP contribution in [0.1, 0.15) is 30.1 Å². The average molecular weight is 397 g/mol. The molecule has 3 aromatic rings. The number of likely N-dealkylation sites (tertiary alicyclic amines) is 1. The molecule has 154 valence electrons. The average Bonchev–Trinajstić information content (AvgIpc) is 3.45. The van der Waals surface area contributed by atoms with Crippen LogP contribution >= 0.6 is 0 Å². The normalized spacial score (nSPS) is 27.5. The summed E-state index contributed by atoms with van der Waals surface area (Å²) in [6, 6.07) is 4.49. The molecule has 0 spiro atoms. The van der Waals surface area contributed by atoms with Crippen LogP contribution in [0.15, 0.2) is 30.9 Å². The minimum Gasteiger partial charge on any atom is -0.379 e. The third kappa shape index (κ3) is 3.65. The minimum absolute atomic E-state index is 0.167. The third-order valence-electron chi connectivity index (χ3n) is 6.40. The summed E-state index contributed by atoms with van der Waals surface area (Å²) in [5.74, 6) is 1.31. The summed E-state index contributed by atoms with van der Waals surface area (Å²) in [5.41, 5.74) is 3.04. The lowest BCUT2D eigenvalue weighted by Crippen LogP contribution is -2.37. The van der Waals surface area contributed by atoms with E-state index >= 15 is 0 Å². The maximum absolute atomic E-state index is 5.87. The number of methoxy groups -OCH3 is 2. The van der Waals surface area contributed by atoms with Crippen LogP contribution in [0.4, 0.5) is 0 Å². The van der Waals surface area contributed by atoms with Gasteiger partial charge in [0.05, 0.1) is 24.9 Å². The molecule has 5 rings (SSSR count). The highest BCUT2D eigenvalue weighted by Crippen LogP contribution is 2.42.